The van der Waals surface area contributed by atoms with Crippen molar-refractivity contribution in [3.8, 4) is 0 Å². The molecule has 2 aromatic rings. The fourth-order valence-electron chi connectivity index (χ4n) is 1.79. The standard InChI is InChI=1S/C15H17NO2S/c1-11(14-7-8-19-10-14)16-9-12-3-5-13(6-4-12)15(17)18-2/h3-8,10-11,16H,9H2,1-2H3. The quantitative estimate of drug-likeness (QED) is 0.850. The van der Waals surface area contributed by atoms with Crippen LogP contribution in [0.5, 0.6) is 0 Å². The fourth-order valence-corrected chi connectivity index (χ4v) is 2.54. The molecule has 1 atom stereocenters. The summed E-state index contributed by atoms with van der Waals surface area (Å²) in [5.41, 5.74) is 3.03. The molecule has 0 saturated heterocycles. The summed E-state index contributed by atoms with van der Waals surface area (Å²) in [5, 5.41) is 7.69. The van der Waals surface area contributed by atoms with Gasteiger partial charge in [0.15, 0.2) is 0 Å². The minimum atomic E-state index is -0.300. The van der Waals surface area contributed by atoms with Gasteiger partial charge >= 0.3 is 5.97 Å². The Morgan fingerprint density at radius 3 is 2.63 bits per heavy atom. The summed E-state index contributed by atoms with van der Waals surface area (Å²) in [4.78, 5) is 11.3. The van der Waals surface area contributed by atoms with Gasteiger partial charge in [-0.1, -0.05) is 12.1 Å². The third kappa shape index (κ3) is 3.66. The second kappa shape index (κ2) is 6.50. The van der Waals surface area contributed by atoms with E-state index in [0.29, 0.717) is 11.6 Å². The molecule has 1 aromatic heterocycles. The highest BCUT2D eigenvalue weighted by Crippen LogP contribution is 2.16. The Labute approximate surface area is 117 Å². The summed E-state index contributed by atoms with van der Waals surface area (Å²) in [6, 6.07) is 9.92. The van der Waals surface area contributed by atoms with Crippen LogP contribution in [0.25, 0.3) is 0 Å². The molecule has 0 fully saturated rings. The minimum absolute atomic E-state index is 0.300. The van der Waals surface area contributed by atoms with Crippen molar-refractivity contribution in [2.45, 2.75) is 19.5 Å². The first-order valence-electron chi connectivity index (χ1n) is 6.13. The van der Waals surface area contributed by atoms with Crippen molar-refractivity contribution in [2.24, 2.45) is 0 Å². The zero-order valence-electron chi connectivity index (χ0n) is 11.1. The molecule has 0 aliphatic heterocycles. The molecule has 0 aliphatic carbocycles. The van der Waals surface area contributed by atoms with Crippen LogP contribution in [0.2, 0.25) is 0 Å². The summed E-state index contributed by atoms with van der Waals surface area (Å²) in [6.07, 6.45) is 0. The highest BCUT2D eigenvalue weighted by Gasteiger charge is 2.06. The van der Waals surface area contributed by atoms with Gasteiger partial charge in [0.05, 0.1) is 12.7 Å². The molecule has 0 bridgehead atoms. The molecule has 100 valence electrons. The van der Waals surface area contributed by atoms with E-state index >= 15 is 0 Å². The average molecular weight is 275 g/mol. The molecule has 1 aromatic carbocycles. The lowest BCUT2D eigenvalue weighted by Crippen LogP contribution is -2.17. The van der Waals surface area contributed by atoms with E-state index in [1.807, 2.05) is 12.1 Å². The van der Waals surface area contributed by atoms with Crippen molar-refractivity contribution < 1.29 is 9.53 Å². The second-order valence-corrected chi connectivity index (χ2v) is 5.13. The van der Waals surface area contributed by atoms with Crippen LogP contribution in [-0.4, -0.2) is 13.1 Å². The van der Waals surface area contributed by atoms with Gasteiger partial charge in [-0.25, -0.2) is 4.79 Å². The molecule has 0 amide bonds. The molecule has 1 heterocycles. The predicted molar refractivity (Wildman–Crippen MR) is 77.4 cm³/mol. The van der Waals surface area contributed by atoms with Crippen LogP contribution in [0.4, 0.5) is 0 Å². The highest BCUT2D eigenvalue weighted by molar-refractivity contribution is 7.07. The van der Waals surface area contributed by atoms with Gasteiger partial charge in [-0.15, -0.1) is 0 Å². The summed E-state index contributed by atoms with van der Waals surface area (Å²) in [5.74, 6) is -0.300. The van der Waals surface area contributed by atoms with E-state index in [-0.39, 0.29) is 5.97 Å². The van der Waals surface area contributed by atoms with Gasteiger partial charge in [0.25, 0.3) is 0 Å². The molecular weight excluding hydrogens is 258 g/mol. The van der Waals surface area contributed by atoms with E-state index in [9.17, 15) is 4.79 Å². The van der Waals surface area contributed by atoms with Gasteiger partial charge < -0.3 is 10.1 Å². The van der Waals surface area contributed by atoms with E-state index in [1.165, 1.54) is 12.7 Å². The molecule has 1 unspecified atom stereocenters. The number of ether oxygens (including phenoxy) is 1. The van der Waals surface area contributed by atoms with Gasteiger partial charge in [0.1, 0.15) is 0 Å². The van der Waals surface area contributed by atoms with Crippen LogP contribution in [0.15, 0.2) is 41.1 Å². The van der Waals surface area contributed by atoms with E-state index < -0.39 is 0 Å². The zero-order valence-corrected chi connectivity index (χ0v) is 11.9. The number of esters is 1. The number of hydrogen-bond acceptors (Lipinski definition) is 4. The van der Waals surface area contributed by atoms with Crippen LogP contribution in [0.1, 0.15) is 34.5 Å². The number of thiophene rings is 1. The van der Waals surface area contributed by atoms with Crippen LogP contribution in [0.3, 0.4) is 0 Å². The normalized spacial score (nSPS) is 12.1. The first-order chi connectivity index (χ1) is 9.20. The fraction of sp³-hybridized carbons (Fsp3) is 0.267. The molecule has 3 nitrogen and oxygen atoms in total. The third-order valence-corrected chi connectivity index (χ3v) is 3.73. The van der Waals surface area contributed by atoms with E-state index in [0.717, 1.165) is 12.1 Å². The molecule has 0 spiro atoms. The van der Waals surface area contributed by atoms with Crippen molar-refractivity contribution in [2.75, 3.05) is 7.11 Å². The third-order valence-electron chi connectivity index (χ3n) is 3.03. The van der Waals surface area contributed by atoms with Crippen molar-refractivity contribution in [1.29, 1.82) is 0 Å². The molecule has 0 radical (unpaired) electrons. The molecule has 0 aliphatic rings. The lowest BCUT2D eigenvalue weighted by molar-refractivity contribution is 0.0600. The molecule has 19 heavy (non-hydrogen) atoms. The van der Waals surface area contributed by atoms with Gasteiger partial charge in [-0.05, 0) is 47.0 Å². The van der Waals surface area contributed by atoms with Crippen LogP contribution in [0, 0.1) is 0 Å². The zero-order chi connectivity index (χ0) is 13.7. The Morgan fingerprint density at radius 1 is 1.32 bits per heavy atom. The minimum Gasteiger partial charge on any atom is -0.465 e. The Bertz CT molecular complexity index is 520. The van der Waals surface area contributed by atoms with E-state index in [1.54, 1.807) is 23.5 Å². The average Bonchev–Trinajstić information content (AvgIpc) is 2.98. The Morgan fingerprint density at radius 2 is 2.05 bits per heavy atom. The van der Waals surface area contributed by atoms with E-state index in [4.69, 9.17) is 0 Å². The Hall–Kier alpha value is -1.65. The SMILES string of the molecule is COC(=O)c1ccc(CNC(C)c2ccsc2)cc1. The smallest absolute Gasteiger partial charge is 0.337 e. The maximum Gasteiger partial charge on any atom is 0.337 e. The van der Waals surface area contributed by atoms with Gasteiger partial charge in [-0.3, -0.25) is 0 Å². The number of nitrogens with one attached hydrogen (secondary N) is 1. The second-order valence-electron chi connectivity index (χ2n) is 4.35. The molecular formula is C15H17NO2S. The monoisotopic (exact) mass is 275 g/mol. The molecule has 2 rings (SSSR count). The Kier molecular flexibility index (Phi) is 4.71. The summed E-state index contributed by atoms with van der Waals surface area (Å²) >= 11 is 1.71. The molecule has 1 N–H and O–H groups in total. The van der Waals surface area contributed by atoms with Crippen LogP contribution >= 0.6 is 11.3 Å². The van der Waals surface area contributed by atoms with Crippen molar-refractivity contribution in [1.82, 2.24) is 5.32 Å². The summed E-state index contributed by atoms with van der Waals surface area (Å²) in [7, 11) is 1.39. The van der Waals surface area contributed by atoms with E-state index in [2.05, 4.69) is 33.8 Å². The lowest BCUT2D eigenvalue weighted by atomic mass is 10.1. The highest BCUT2D eigenvalue weighted by atomic mass is 32.1. The number of carbonyl (C=O) groups is 1. The van der Waals surface area contributed by atoms with Gasteiger partial charge in [0, 0.05) is 12.6 Å². The first kappa shape index (κ1) is 13.8. The van der Waals surface area contributed by atoms with Crippen molar-refractivity contribution in [3.63, 3.8) is 0 Å². The van der Waals surface area contributed by atoms with Crippen LogP contribution < -0.4 is 5.32 Å². The Balaban J connectivity index is 1.91. The topological polar surface area (TPSA) is 38.3 Å². The summed E-state index contributed by atoms with van der Waals surface area (Å²) < 4.78 is 4.67. The van der Waals surface area contributed by atoms with Crippen LogP contribution in [-0.2, 0) is 11.3 Å². The lowest BCUT2D eigenvalue weighted by Gasteiger charge is -2.12. The molecule has 4 heteroatoms. The number of hydrogen-bond donors (Lipinski definition) is 1. The van der Waals surface area contributed by atoms with Crippen molar-refractivity contribution >= 4 is 17.3 Å². The number of carbonyl (C=O) groups excluding carboxylic acids is 1. The number of rotatable bonds is 5. The summed E-state index contributed by atoms with van der Waals surface area (Å²) in [6.45, 7) is 2.92. The molecule has 0 saturated carbocycles. The number of methoxy groups -OCH3 is 1. The maximum atomic E-state index is 11.3. The maximum absolute atomic E-state index is 11.3. The largest absolute Gasteiger partial charge is 0.465 e. The van der Waals surface area contributed by atoms with Gasteiger partial charge in [0.2, 0.25) is 0 Å². The van der Waals surface area contributed by atoms with Crippen molar-refractivity contribution in [3.05, 3.63) is 57.8 Å². The predicted octanol–water partition coefficient (Wildman–Crippen LogP) is 3.39. The van der Waals surface area contributed by atoms with Gasteiger partial charge in [-0.2, -0.15) is 11.3 Å². The first-order valence-corrected chi connectivity index (χ1v) is 7.07. The number of benzene rings is 1.